The van der Waals surface area contributed by atoms with Crippen molar-refractivity contribution in [1.82, 2.24) is 10.3 Å². The second-order valence-corrected chi connectivity index (χ2v) is 7.41. The fourth-order valence-electron chi connectivity index (χ4n) is 3.60. The zero-order valence-electron chi connectivity index (χ0n) is 14.4. The molecular weight excluding hydrogens is 308 g/mol. The lowest BCUT2D eigenvalue weighted by molar-refractivity contribution is 0.0757. The summed E-state index contributed by atoms with van der Waals surface area (Å²) in [4.78, 5) is 25.6. The quantitative estimate of drug-likeness (QED) is 0.811. The van der Waals surface area contributed by atoms with Gasteiger partial charge in [-0.1, -0.05) is 13.8 Å². The summed E-state index contributed by atoms with van der Waals surface area (Å²) in [5.74, 6) is 1.10. The number of hydrogen-bond acceptors (Lipinski definition) is 4. The second-order valence-electron chi connectivity index (χ2n) is 7.41. The lowest BCUT2D eigenvalue weighted by Crippen LogP contribution is -2.31. The van der Waals surface area contributed by atoms with Crippen LogP contribution in [0.1, 0.15) is 60.6 Å². The van der Waals surface area contributed by atoms with Crippen LogP contribution in [0.15, 0.2) is 9.52 Å². The molecule has 0 saturated carbocycles. The predicted octanol–water partition coefficient (Wildman–Crippen LogP) is 2.17. The van der Waals surface area contributed by atoms with Crippen molar-refractivity contribution in [3.05, 3.63) is 22.6 Å². The molecule has 130 valence electrons. The molecular formula is C17H24N4O3. The minimum atomic E-state index is -0.707. The van der Waals surface area contributed by atoms with Gasteiger partial charge >= 0.3 is 6.03 Å². The Morgan fingerprint density at radius 2 is 1.92 bits per heavy atom. The largest absolute Gasteiger partial charge is 0.455 e. The molecule has 0 spiro atoms. The molecule has 0 bridgehead atoms. The van der Waals surface area contributed by atoms with Crippen LogP contribution < -0.4 is 11.2 Å². The molecule has 3 N–H and O–H groups in total. The standard InChI is InChI=1S/C17H24N4O3/c1-10-13-11(19-20-16(18)23)8-17(2,3)9-12(13)24-14(10)15(22)21-6-4-5-7-21/h4-9H2,1-3H3,(H3,18,20,23)/b19-11-. The van der Waals surface area contributed by atoms with Gasteiger partial charge in [-0.2, -0.15) is 5.10 Å². The Labute approximate surface area is 141 Å². The summed E-state index contributed by atoms with van der Waals surface area (Å²) >= 11 is 0. The molecule has 3 amide bonds. The zero-order valence-corrected chi connectivity index (χ0v) is 14.4. The summed E-state index contributed by atoms with van der Waals surface area (Å²) in [6.45, 7) is 7.65. The maximum atomic E-state index is 12.7. The number of nitrogens with one attached hydrogen (secondary N) is 1. The van der Waals surface area contributed by atoms with Crippen LogP contribution in [-0.2, 0) is 6.42 Å². The van der Waals surface area contributed by atoms with Crippen LogP contribution >= 0.6 is 0 Å². The summed E-state index contributed by atoms with van der Waals surface area (Å²) < 4.78 is 5.97. The Kier molecular flexibility index (Phi) is 4.11. The number of carbonyl (C=O) groups excluding carboxylic acids is 2. The monoisotopic (exact) mass is 332 g/mol. The van der Waals surface area contributed by atoms with Crippen molar-refractivity contribution >= 4 is 17.6 Å². The minimum Gasteiger partial charge on any atom is -0.455 e. The summed E-state index contributed by atoms with van der Waals surface area (Å²) in [6.07, 6.45) is 3.48. The van der Waals surface area contributed by atoms with Crippen molar-refractivity contribution in [1.29, 1.82) is 0 Å². The Bertz CT molecular complexity index is 712. The van der Waals surface area contributed by atoms with Crippen molar-refractivity contribution in [2.24, 2.45) is 16.3 Å². The topological polar surface area (TPSA) is 101 Å². The van der Waals surface area contributed by atoms with Gasteiger partial charge in [0.05, 0.1) is 5.71 Å². The highest BCUT2D eigenvalue weighted by atomic mass is 16.4. The van der Waals surface area contributed by atoms with Crippen LogP contribution in [0.5, 0.6) is 0 Å². The predicted molar refractivity (Wildman–Crippen MR) is 89.9 cm³/mol. The van der Waals surface area contributed by atoms with Gasteiger partial charge in [-0.25, -0.2) is 10.2 Å². The lowest BCUT2D eigenvalue weighted by atomic mass is 9.75. The molecule has 2 heterocycles. The molecule has 1 aliphatic carbocycles. The normalized spacial score (nSPS) is 21.0. The molecule has 0 aromatic carbocycles. The third-order valence-electron chi connectivity index (χ3n) is 4.68. The highest BCUT2D eigenvalue weighted by molar-refractivity contribution is 6.07. The van der Waals surface area contributed by atoms with Gasteiger partial charge in [0.1, 0.15) is 5.76 Å². The molecule has 0 unspecified atom stereocenters. The van der Waals surface area contributed by atoms with Crippen LogP contribution in [0.25, 0.3) is 0 Å². The molecule has 1 aliphatic heterocycles. The Morgan fingerprint density at radius 1 is 1.25 bits per heavy atom. The number of nitrogens with two attached hydrogens (primary N) is 1. The number of furan rings is 1. The SMILES string of the molecule is Cc1c(C(=O)N2CCCC2)oc2c1/C(=N\NC(N)=O)CC(C)(C)C2. The molecule has 24 heavy (non-hydrogen) atoms. The number of carbonyl (C=O) groups is 2. The molecule has 7 nitrogen and oxygen atoms in total. The Morgan fingerprint density at radius 3 is 2.54 bits per heavy atom. The maximum Gasteiger partial charge on any atom is 0.332 e. The van der Waals surface area contributed by atoms with Crippen molar-refractivity contribution < 1.29 is 14.0 Å². The van der Waals surface area contributed by atoms with Gasteiger partial charge in [0.2, 0.25) is 0 Å². The van der Waals surface area contributed by atoms with E-state index in [1.807, 2.05) is 11.8 Å². The Balaban J connectivity index is 2.01. The summed E-state index contributed by atoms with van der Waals surface area (Å²) in [6, 6.07) is -0.707. The van der Waals surface area contributed by atoms with Crippen LogP contribution in [0.3, 0.4) is 0 Å². The van der Waals surface area contributed by atoms with E-state index in [2.05, 4.69) is 24.4 Å². The molecule has 1 aromatic heterocycles. The van der Waals surface area contributed by atoms with Gasteiger partial charge in [0.15, 0.2) is 5.76 Å². The van der Waals surface area contributed by atoms with Gasteiger partial charge in [-0.05, 0) is 31.6 Å². The van der Waals surface area contributed by atoms with E-state index < -0.39 is 6.03 Å². The van der Waals surface area contributed by atoms with Gasteiger partial charge in [0, 0.05) is 30.6 Å². The smallest absolute Gasteiger partial charge is 0.332 e. The molecule has 3 rings (SSSR count). The molecule has 1 saturated heterocycles. The molecule has 0 radical (unpaired) electrons. The number of fused-ring (bicyclic) bond motifs is 1. The van der Waals surface area contributed by atoms with E-state index in [9.17, 15) is 9.59 Å². The average molecular weight is 332 g/mol. The summed E-state index contributed by atoms with van der Waals surface area (Å²) in [7, 11) is 0. The summed E-state index contributed by atoms with van der Waals surface area (Å²) in [5.41, 5.74) is 9.71. The summed E-state index contributed by atoms with van der Waals surface area (Å²) in [5, 5.41) is 4.16. The molecule has 0 atom stereocenters. The number of hydrogen-bond donors (Lipinski definition) is 2. The highest BCUT2D eigenvalue weighted by Crippen LogP contribution is 2.39. The molecule has 2 aliphatic rings. The zero-order chi connectivity index (χ0) is 17.5. The second kappa shape index (κ2) is 5.96. The maximum absolute atomic E-state index is 12.7. The highest BCUT2D eigenvalue weighted by Gasteiger charge is 2.37. The minimum absolute atomic E-state index is 0.0561. The van der Waals surface area contributed by atoms with E-state index in [0.717, 1.165) is 49.2 Å². The van der Waals surface area contributed by atoms with Crippen molar-refractivity contribution in [2.75, 3.05) is 13.1 Å². The number of likely N-dealkylation sites (tertiary alicyclic amines) is 1. The van der Waals surface area contributed by atoms with Crippen LogP contribution in [0.4, 0.5) is 4.79 Å². The van der Waals surface area contributed by atoms with Crippen LogP contribution in [0, 0.1) is 12.3 Å². The van der Waals surface area contributed by atoms with Gasteiger partial charge in [-0.15, -0.1) is 0 Å². The van der Waals surface area contributed by atoms with Gasteiger partial charge in [0.25, 0.3) is 5.91 Å². The first kappa shape index (κ1) is 16.5. The third kappa shape index (κ3) is 3.02. The van der Waals surface area contributed by atoms with Crippen molar-refractivity contribution in [3.8, 4) is 0 Å². The van der Waals surface area contributed by atoms with E-state index >= 15 is 0 Å². The van der Waals surface area contributed by atoms with Crippen LogP contribution in [-0.4, -0.2) is 35.6 Å². The third-order valence-corrected chi connectivity index (χ3v) is 4.68. The lowest BCUT2D eigenvalue weighted by Gasteiger charge is -2.29. The number of urea groups is 1. The van der Waals surface area contributed by atoms with E-state index in [1.165, 1.54) is 0 Å². The first-order chi connectivity index (χ1) is 11.3. The number of nitrogens with zero attached hydrogens (tertiary/aromatic N) is 2. The van der Waals surface area contributed by atoms with Gasteiger partial charge < -0.3 is 15.1 Å². The number of rotatable bonds is 2. The molecule has 7 heteroatoms. The van der Waals surface area contributed by atoms with Gasteiger partial charge in [-0.3, -0.25) is 4.79 Å². The fraction of sp³-hybridized carbons (Fsp3) is 0.588. The van der Waals surface area contributed by atoms with E-state index in [1.54, 1.807) is 0 Å². The number of amides is 3. The molecule has 1 aromatic rings. The van der Waals surface area contributed by atoms with Crippen molar-refractivity contribution in [2.45, 2.75) is 46.5 Å². The van der Waals surface area contributed by atoms with E-state index in [0.29, 0.717) is 17.9 Å². The van der Waals surface area contributed by atoms with Crippen LogP contribution in [0.2, 0.25) is 0 Å². The number of hydrazone groups is 1. The molecule has 1 fully saturated rings. The van der Waals surface area contributed by atoms with E-state index in [-0.39, 0.29) is 11.3 Å². The first-order valence-electron chi connectivity index (χ1n) is 8.32. The number of primary amides is 1. The van der Waals surface area contributed by atoms with Crippen molar-refractivity contribution in [3.63, 3.8) is 0 Å². The fourth-order valence-corrected chi connectivity index (χ4v) is 3.60. The van der Waals surface area contributed by atoms with E-state index in [4.69, 9.17) is 10.2 Å². The first-order valence-corrected chi connectivity index (χ1v) is 8.32. The Hall–Kier alpha value is -2.31. The average Bonchev–Trinajstić information content (AvgIpc) is 3.11.